The second-order valence-electron chi connectivity index (χ2n) is 3.68. The van der Waals surface area contributed by atoms with Gasteiger partial charge in [-0.3, -0.25) is 0 Å². The van der Waals surface area contributed by atoms with Crippen LogP contribution < -0.4 is 0 Å². The number of hydrogen-bond acceptors (Lipinski definition) is 2. The van der Waals surface area contributed by atoms with Crippen LogP contribution in [0.5, 0.6) is 5.75 Å². The van der Waals surface area contributed by atoms with Crippen LogP contribution in [-0.4, -0.2) is 10.2 Å². The standard InChI is InChI=1S/C10H13BrO2/c1-6-4-9(12)7(5-8(6)11)10(2,3)13/h4-5,12-13H,1-3H3. The quantitative estimate of drug-likeness (QED) is 0.798. The fraction of sp³-hybridized carbons (Fsp3) is 0.400. The third kappa shape index (κ3) is 2.23. The Hall–Kier alpha value is -0.540. The summed E-state index contributed by atoms with van der Waals surface area (Å²) in [6, 6.07) is 3.38. The highest BCUT2D eigenvalue weighted by Crippen LogP contribution is 2.33. The molecule has 1 rings (SSSR count). The highest BCUT2D eigenvalue weighted by atomic mass is 79.9. The summed E-state index contributed by atoms with van der Waals surface area (Å²) in [6.45, 7) is 5.17. The van der Waals surface area contributed by atoms with Gasteiger partial charge in [-0.05, 0) is 38.5 Å². The summed E-state index contributed by atoms with van der Waals surface area (Å²) in [7, 11) is 0. The van der Waals surface area contributed by atoms with Crippen LogP contribution in [-0.2, 0) is 5.60 Å². The molecule has 0 heterocycles. The van der Waals surface area contributed by atoms with Gasteiger partial charge in [0.05, 0.1) is 5.60 Å². The predicted molar refractivity (Wildman–Crippen MR) is 55.8 cm³/mol. The molecule has 1 aromatic carbocycles. The first-order valence-electron chi connectivity index (χ1n) is 4.04. The SMILES string of the molecule is Cc1cc(O)c(C(C)(C)O)cc1Br. The molecule has 0 atom stereocenters. The second-order valence-corrected chi connectivity index (χ2v) is 4.53. The third-order valence-electron chi connectivity index (χ3n) is 1.94. The number of phenols is 1. The Labute approximate surface area is 86.3 Å². The molecular formula is C10H13BrO2. The average molecular weight is 245 g/mol. The van der Waals surface area contributed by atoms with Crippen molar-refractivity contribution in [2.75, 3.05) is 0 Å². The van der Waals surface area contributed by atoms with Crippen molar-refractivity contribution in [3.8, 4) is 5.75 Å². The molecule has 0 aliphatic heterocycles. The highest BCUT2D eigenvalue weighted by molar-refractivity contribution is 9.10. The Morgan fingerprint density at radius 3 is 2.31 bits per heavy atom. The Morgan fingerprint density at radius 1 is 1.31 bits per heavy atom. The van der Waals surface area contributed by atoms with Crippen molar-refractivity contribution in [1.82, 2.24) is 0 Å². The van der Waals surface area contributed by atoms with Crippen LogP contribution in [0, 0.1) is 6.92 Å². The minimum absolute atomic E-state index is 0.133. The number of benzene rings is 1. The molecule has 13 heavy (non-hydrogen) atoms. The smallest absolute Gasteiger partial charge is 0.121 e. The average Bonchev–Trinajstić information content (AvgIpc) is 1.94. The summed E-state index contributed by atoms with van der Waals surface area (Å²) in [4.78, 5) is 0. The zero-order chi connectivity index (χ0) is 10.2. The molecule has 3 heteroatoms. The van der Waals surface area contributed by atoms with Crippen LogP contribution in [0.25, 0.3) is 0 Å². The van der Waals surface area contributed by atoms with E-state index >= 15 is 0 Å². The molecule has 0 unspecified atom stereocenters. The zero-order valence-corrected chi connectivity index (χ0v) is 9.51. The molecule has 0 amide bonds. The van der Waals surface area contributed by atoms with Gasteiger partial charge < -0.3 is 10.2 Å². The van der Waals surface area contributed by atoms with Crippen LogP contribution in [0.4, 0.5) is 0 Å². The van der Waals surface area contributed by atoms with E-state index in [2.05, 4.69) is 15.9 Å². The maximum atomic E-state index is 9.70. The number of hydrogen-bond donors (Lipinski definition) is 2. The first kappa shape index (κ1) is 10.5. The van der Waals surface area contributed by atoms with Gasteiger partial charge in [0, 0.05) is 10.0 Å². The maximum Gasteiger partial charge on any atom is 0.121 e. The molecule has 1 aromatic rings. The molecule has 0 saturated carbocycles. The molecule has 0 radical (unpaired) electrons. The van der Waals surface area contributed by atoms with Crippen LogP contribution in [0.3, 0.4) is 0 Å². The van der Waals surface area contributed by atoms with E-state index in [-0.39, 0.29) is 5.75 Å². The van der Waals surface area contributed by atoms with Crippen LogP contribution in [0.1, 0.15) is 25.0 Å². The molecule has 0 bridgehead atoms. The maximum absolute atomic E-state index is 9.70. The molecule has 2 nitrogen and oxygen atoms in total. The summed E-state index contributed by atoms with van der Waals surface area (Å²) in [5.74, 6) is 0.133. The van der Waals surface area contributed by atoms with Crippen molar-refractivity contribution in [3.05, 3.63) is 27.7 Å². The molecule has 0 aromatic heterocycles. The third-order valence-corrected chi connectivity index (χ3v) is 2.79. The lowest BCUT2D eigenvalue weighted by atomic mass is 9.96. The monoisotopic (exact) mass is 244 g/mol. The van der Waals surface area contributed by atoms with Crippen LogP contribution >= 0.6 is 15.9 Å². The number of phenolic OH excluding ortho intramolecular Hbond substituents is 1. The van der Waals surface area contributed by atoms with E-state index in [0.29, 0.717) is 5.56 Å². The fourth-order valence-corrected chi connectivity index (χ4v) is 1.50. The van der Waals surface area contributed by atoms with E-state index in [1.807, 2.05) is 6.92 Å². The van der Waals surface area contributed by atoms with E-state index in [0.717, 1.165) is 10.0 Å². The van der Waals surface area contributed by atoms with Gasteiger partial charge >= 0.3 is 0 Å². The topological polar surface area (TPSA) is 40.5 Å². The zero-order valence-electron chi connectivity index (χ0n) is 7.93. The number of halogens is 1. The van der Waals surface area contributed by atoms with Gasteiger partial charge in [-0.25, -0.2) is 0 Å². The molecule has 0 spiro atoms. The van der Waals surface area contributed by atoms with E-state index in [1.165, 1.54) is 0 Å². The normalized spacial score (nSPS) is 11.8. The van der Waals surface area contributed by atoms with E-state index in [1.54, 1.807) is 26.0 Å². The lowest BCUT2D eigenvalue weighted by Crippen LogP contribution is -2.15. The van der Waals surface area contributed by atoms with Gasteiger partial charge in [-0.15, -0.1) is 0 Å². The first-order chi connectivity index (χ1) is 5.82. The molecule has 0 aliphatic carbocycles. The summed E-state index contributed by atoms with van der Waals surface area (Å²) in [5.41, 5.74) is 0.468. The molecular weight excluding hydrogens is 232 g/mol. The highest BCUT2D eigenvalue weighted by Gasteiger charge is 2.20. The number of aryl methyl sites for hydroxylation is 1. The Kier molecular flexibility index (Phi) is 2.68. The van der Waals surface area contributed by atoms with Crippen LogP contribution in [0.15, 0.2) is 16.6 Å². The van der Waals surface area contributed by atoms with Gasteiger partial charge in [0.1, 0.15) is 5.75 Å². The molecule has 0 aliphatic rings. The molecule has 0 fully saturated rings. The number of aliphatic hydroxyl groups is 1. The van der Waals surface area contributed by atoms with Crippen molar-refractivity contribution >= 4 is 15.9 Å². The Balaban J connectivity index is 3.32. The number of aromatic hydroxyl groups is 1. The van der Waals surface area contributed by atoms with E-state index < -0.39 is 5.60 Å². The fourth-order valence-electron chi connectivity index (χ4n) is 1.16. The van der Waals surface area contributed by atoms with Crippen molar-refractivity contribution in [3.63, 3.8) is 0 Å². The molecule has 0 saturated heterocycles. The van der Waals surface area contributed by atoms with Gasteiger partial charge in [0.25, 0.3) is 0 Å². The predicted octanol–water partition coefficient (Wildman–Crippen LogP) is 2.69. The van der Waals surface area contributed by atoms with Gasteiger partial charge in [0.2, 0.25) is 0 Å². The van der Waals surface area contributed by atoms with Gasteiger partial charge in [-0.2, -0.15) is 0 Å². The summed E-state index contributed by atoms with van der Waals surface area (Å²) < 4.78 is 0.891. The van der Waals surface area contributed by atoms with Crippen molar-refractivity contribution < 1.29 is 10.2 Å². The first-order valence-corrected chi connectivity index (χ1v) is 4.83. The minimum atomic E-state index is -1.01. The molecule has 2 N–H and O–H groups in total. The van der Waals surface area contributed by atoms with Crippen LogP contribution in [0.2, 0.25) is 0 Å². The van der Waals surface area contributed by atoms with E-state index in [4.69, 9.17) is 0 Å². The Morgan fingerprint density at radius 2 is 1.85 bits per heavy atom. The summed E-state index contributed by atoms with van der Waals surface area (Å²) in [5, 5.41) is 19.3. The molecule has 72 valence electrons. The van der Waals surface area contributed by atoms with Crippen molar-refractivity contribution in [2.24, 2.45) is 0 Å². The van der Waals surface area contributed by atoms with E-state index in [9.17, 15) is 10.2 Å². The number of rotatable bonds is 1. The van der Waals surface area contributed by atoms with Crippen molar-refractivity contribution in [1.29, 1.82) is 0 Å². The van der Waals surface area contributed by atoms with Crippen molar-refractivity contribution in [2.45, 2.75) is 26.4 Å². The lowest BCUT2D eigenvalue weighted by Gasteiger charge is -2.20. The second kappa shape index (κ2) is 3.31. The summed E-state index contributed by atoms with van der Waals surface area (Å²) >= 11 is 3.35. The van der Waals surface area contributed by atoms with Gasteiger partial charge in [0.15, 0.2) is 0 Å². The van der Waals surface area contributed by atoms with Gasteiger partial charge in [-0.1, -0.05) is 15.9 Å². The largest absolute Gasteiger partial charge is 0.508 e. The Bertz CT molecular complexity index is 326. The minimum Gasteiger partial charge on any atom is -0.508 e. The lowest BCUT2D eigenvalue weighted by molar-refractivity contribution is 0.0757. The summed E-state index contributed by atoms with van der Waals surface area (Å²) in [6.07, 6.45) is 0.